The third-order valence-electron chi connectivity index (χ3n) is 3.35. The predicted molar refractivity (Wildman–Crippen MR) is 87.6 cm³/mol. The molecule has 8 heteroatoms. The molecule has 0 saturated carbocycles. The van der Waals surface area contributed by atoms with E-state index in [0.29, 0.717) is 11.5 Å². The van der Waals surface area contributed by atoms with E-state index in [1.807, 2.05) is 30.3 Å². The van der Waals surface area contributed by atoms with E-state index < -0.39 is 15.1 Å². The Balaban J connectivity index is 1.80. The molecule has 0 unspecified atom stereocenters. The van der Waals surface area contributed by atoms with Crippen LogP contribution in [0.3, 0.4) is 0 Å². The predicted octanol–water partition coefficient (Wildman–Crippen LogP) is 3.18. The molecule has 23 heavy (non-hydrogen) atoms. The fourth-order valence-corrected chi connectivity index (χ4v) is 4.19. The SMILES string of the molecule is Cc1noc([C@H](C)S(=O)(=O)Cc2csc(-c3ccccc3)n2)n1. The smallest absolute Gasteiger partial charge is 0.244 e. The van der Waals surface area contributed by atoms with Gasteiger partial charge in [0.1, 0.15) is 10.3 Å². The van der Waals surface area contributed by atoms with E-state index in [-0.39, 0.29) is 11.6 Å². The lowest BCUT2D eigenvalue weighted by Gasteiger charge is -2.07. The Morgan fingerprint density at radius 1 is 1.22 bits per heavy atom. The first-order chi connectivity index (χ1) is 11.0. The summed E-state index contributed by atoms with van der Waals surface area (Å²) in [6.07, 6.45) is 0. The summed E-state index contributed by atoms with van der Waals surface area (Å²) in [6.45, 7) is 3.20. The minimum absolute atomic E-state index is 0.112. The standard InChI is InChI=1S/C15H15N3O3S2/c1-10(14-16-11(2)18-21-14)23(19,20)9-13-8-22-15(17-13)12-6-4-3-5-7-12/h3-8,10H,9H2,1-2H3/t10-/m0/s1. The molecular formula is C15H15N3O3S2. The first kappa shape index (κ1) is 15.8. The highest BCUT2D eigenvalue weighted by molar-refractivity contribution is 7.90. The summed E-state index contributed by atoms with van der Waals surface area (Å²) >= 11 is 1.43. The van der Waals surface area contributed by atoms with Crippen LogP contribution in [0, 0.1) is 6.92 Å². The first-order valence-electron chi connectivity index (χ1n) is 6.97. The molecule has 3 aromatic rings. The zero-order valence-corrected chi connectivity index (χ0v) is 14.3. The van der Waals surface area contributed by atoms with Gasteiger partial charge in [0.25, 0.3) is 0 Å². The Morgan fingerprint density at radius 2 is 1.96 bits per heavy atom. The summed E-state index contributed by atoms with van der Waals surface area (Å²) in [4.78, 5) is 8.42. The Kier molecular flexibility index (Phi) is 4.27. The Bertz CT molecular complexity index is 901. The van der Waals surface area contributed by atoms with Gasteiger partial charge in [0.15, 0.2) is 15.7 Å². The van der Waals surface area contributed by atoms with Crippen LogP contribution in [-0.4, -0.2) is 23.5 Å². The number of rotatable bonds is 5. The van der Waals surface area contributed by atoms with Crippen molar-refractivity contribution in [2.45, 2.75) is 24.9 Å². The molecule has 0 fully saturated rings. The van der Waals surface area contributed by atoms with Gasteiger partial charge in [-0.15, -0.1) is 11.3 Å². The molecule has 0 radical (unpaired) electrons. The number of hydrogen-bond donors (Lipinski definition) is 0. The van der Waals surface area contributed by atoms with Gasteiger partial charge in [0.2, 0.25) is 5.89 Å². The highest BCUT2D eigenvalue weighted by Crippen LogP contribution is 2.27. The van der Waals surface area contributed by atoms with E-state index in [1.54, 1.807) is 19.2 Å². The highest BCUT2D eigenvalue weighted by Gasteiger charge is 2.28. The number of hydrogen-bond acceptors (Lipinski definition) is 7. The molecule has 120 valence electrons. The Labute approximate surface area is 138 Å². The summed E-state index contributed by atoms with van der Waals surface area (Å²) in [5.41, 5.74) is 1.50. The highest BCUT2D eigenvalue weighted by atomic mass is 32.2. The van der Waals surface area contributed by atoms with Crippen LogP contribution in [-0.2, 0) is 15.6 Å². The van der Waals surface area contributed by atoms with E-state index in [2.05, 4.69) is 15.1 Å². The zero-order valence-electron chi connectivity index (χ0n) is 12.6. The van der Waals surface area contributed by atoms with Crippen molar-refractivity contribution in [3.8, 4) is 10.6 Å². The summed E-state index contributed by atoms with van der Waals surface area (Å²) in [5.74, 6) is 0.377. The molecule has 0 spiro atoms. The third kappa shape index (κ3) is 3.48. The van der Waals surface area contributed by atoms with Gasteiger partial charge in [0.05, 0.1) is 11.4 Å². The Hall–Kier alpha value is -2.06. The first-order valence-corrected chi connectivity index (χ1v) is 9.57. The van der Waals surface area contributed by atoms with Crippen molar-refractivity contribution in [1.82, 2.24) is 15.1 Å². The third-order valence-corrected chi connectivity index (χ3v) is 6.27. The van der Waals surface area contributed by atoms with Gasteiger partial charge < -0.3 is 4.52 Å². The molecule has 0 N–H and O–H groups in total. The molecule has 3 rings (SSSR count). The fraction of sp³-hybridized carbons (Fsp3) is 0.267. The lowest BCUT2D eigenvalue weighted by atomic mass is 10.2. The van der Waals surface area contributed by atoms with Gasteiger partial charge in [0, 0.05) is 10.9 Å². The van der Waals surface area contributed by atoms with E-state index in [1.165, 1.54) is 11.3 Å². The van der Waals surface area contributed by atoms with E-state index >= 15 is 0 Å². The van der Waals surface area contributed by atoms with Crippen LogP contribution in [0.4, 0.5) is 0 Å². The maximum Gasteiger partial charge on any atom is 0.244 e. The van der Waals surface area contributed by atoms with Crippen molar-refractivity contribution < 1.29 is 12.9 Å². The van der Waals surface area contributed by atoms with Crippen molar-refractivity contribution in [3.05, 3.63) is 53.1 Å². The second kappa shape index (κ2) is 6.21. The van der Waals surface area contributed by atoms with Gasteiger partial charge in [-0.2, -0.15) is 4.98 Å². The average Bonchev–Trinajstić information content (AvgIpc) is 3.16. The van der Waals surface area contributed by atoms with Crippen LogP contribution in [0.5, 0.6) is 0 Å². The van der Waals surface area contributed by atoms with Crippen LogP contribution in [0.1, 0.15) is 29.6 Å². The molecule has 1 atom stereocenters. The number of nitrogens with zero attached hydrogens (tertiary/aromatic N) is 3. The summed E-state index contributed by atoms with van der Waals surface area (Å²) < 4.78 is 30.0. The van der Waals surface area contributed by atoms with Crippen LogP contribution < -0.4 is 0 Å². The second-order valence-corrected chi connectivity index (χ2v) is 8.32. The topological polar surface area (TPSA) is 86.0 Å². The molecule has 2 heterocycles. The number of aryl methyl sites for hydroxylation is 1. The molecular weight excluding hydrogens is 334 g/mol. The quantitative estimate of drug-likeness (QED) is 0.703. The number of aromatic nitrogens is 3. The number of thiazole rings is 1. The molecule has 0 aliphatic heterocycles. The van der Waals surface area contributed by atoms with Crippen molar-refractivity contribution in [2.75, 3.05) is 0 Å². The maximum atomic E-state index is 12.5. The van der Waals surface area contributed by atoms with Crippen molar-refractivity contribution in [2.24, 2.45) is 0 Å². The van der Waals surface area contributed by atoms with Crippen LogP contribution >= 0.6 is 11.3 Å². The van der Waals surface area contributed by atoms with E-state index in [9.17, 15) is 8.42 Å². The summed E-state index contributed by atoms with van der Waals surface area (Å²) in [6, 6.07) is 9.67. The Morgan fingerprint density at radius 3 is 2.61 bits per heavy atom. The monoisotopic (exact) mass is 349 g/mol. The summed E-state index contributed by atoms with van der Waals surface area (Å²) in [7, 11) is -3.47. The van der Waals surface area contributed by atoms with Gasteiger partial charge in [-0.05, 0) is 13.8 Å². The second-order valence-electron chi connectivity index (χ2n) is 5.14. The lowest BCUT2D eigenvalue weighted by molar-refractivity contribution is 0.373. The van der Waals surface area contributed by atoms with Crippen molar-refractivity contribution in [1.29, 1.82) is 0 Å². The normalized spacial score (nSPS) is 13.1. The molecule has 0 saturated heterocycles. The fourth-order valence-electron chi connectivity index (χ4n) is 2.05. The molecule has 1 aromatic carbocycles. The van der Waals surface area contributed by atoms with E-state index in [0.717, 1.165) is 10.6 Å². The van der Waals surface area contributed by atoms with Gasteiger partial charge in [-0.25, -0.2) is 13.4 Å². The molecule has 6 nitrogen and oxygen atoms in total. The maximum absolute atomic E-state index is 12.5. The lowest BCUT2D eigenvalue weighted by Crippen LogP contribution is -2.13. The number of sulfone groups is 1. The summed E-state index contributed by atoms with van der Waals surface area (Å²) in [5, 5.41) is 5.35. The zero-order chi connectivity index (χ0) is 16.4. The van der Waals surface area contributed by atoms with Crippen LogP contribution in [0.25, 0.3) is 10.6 Å². The van der Waals surface area contributed by atoms with Gasteiger partial charge in [-0.1, -0.05) is 35.5 Å². The van der Waals surface area contributed by atoms with Gasteiger partial charge in [-0.3, -0.25) is 0 Å². The van der Waals surface area contributed by atoms with Crippen LogP contribution in [0.2, 0.25) is 0 Å². The molecule has 0 bridgehead atoms. The average molecular weight is 349 g/mol. The largest absolute Gasteiger partial charge is 0.338 e. The van der Waals surface area contributed by atoms with Crippen LogP contribution in [0.15, 0.2) is 40.2 Å². The van der Waals surface area contributed by atoms with E-state index in [4.69, 9.17) is 4.52 Å². The number of benzene rings is 1. The van der Waals surface area contributed by atoms with Crippen molar-refractivity contribution in [3.63, 3.8) is 0 Å². The molecule has 2 aromatic heterocycles. The minimum atomic E-state index is -3.47. The van der Waals surface area contributed by atoms with Crippen molar-refractivity contribution >= 4 is 21.2 Å². The molecule has 0 aliphatic rings. The minimum Gasteiger partial charge on any atom is -0.338 e. The molecule has 0 amide bonds. The van der Waals surface area contributed by atoms with Gasteiger partial charge >= 0.3 is 0 Å². The molecule has 0 aliphatic carbocycles.